The van der Waals surface area contributed by atoms with Crippen LogP contribution in [0.25, 0.3) is 0 Å². The molecule has 0 amide bonds. The zero-order valence-electron chi connectivity index (χ0n) is 16.8. The predicted octanol–water partition coefficient (Wildman–Crippen LogP) is 4.11. The molecular formula is C20H29IN4O2S. The average molecular weight is 516 g/mol. The number of carbonyl (C=O) groups is 1. The molecule has 0 radical (unpaired) electrons. The number of ether oxygens (including phenoxy) is 1. The van der Waals surface area contributed by atoms with Crippen molar-refractivity contribution >= 4 is 47.2 Å². The zero-order valence-corrected chi connectivity index (χ0v) is 20.0. The van der Waals surface area contributed by atoms with Crippen molar-refractivity contribution in [1.82, 2.24) is 15.6 Å². The molecule has 0 aliphatic rings. The first-order valence-electron chi connectivity index (χ1n) is 9.28. The first kappa shape index (κ1) is 24.4. The van der Waals surface area contributed by atoms with Crippen molar-refractivity contribution in [3.8, 4) is 0 Å². The SMILES string of the molecule is CCNC(=NCCc1ccccc1)NC(C)c1nc(C)c(C(=O)OCC)s1.I. The summed E-state index contributed by atoms with van der Waals surface area (Å²) in [5.41, 5.74) is 1.97. The Morgan fingerprint density at radius 1 is 1.29 bits per heavy atom. The van der Waals surface area contributed by atoms with Gasteiger partial charge in [-0.2, -0.15) is 0 Å². The van der Waals surface area contributed by atoms with Gasteiger partial charge < -0.3 is 15.4 Å². The second-order valence-corrected chi connectivity index (χ2v) is 7.08. The van der Waals surface area contributed by atoms with Gasteiger partial charge in [-0.25, -0.2) is 9.78 Å². The molecule has 2 aromatic rings. The van der Waals surface area contributed by atoms with E-state index in [1.165, 1.54) is 16.9 Å². The molecule has 1 unspecified atom stereocenters. The quantitative estimate of drug-likeness (QED) is 0.239. The number of esters is 1. The lowest BCUT2D eigenvalue weighted by atomic mass is 10.2. The van der Waals surface area contributed by atoms with E-state index in [-0.39, 0.29) is 36.0 Å². The second kappa shape index (κ2) is 12.7. The number of aromatic nitrogens is 1. The van der Waals surface area contributed by atoms with E-state index in [9.17, 15) is 4.79 Å². The van der Waals surface area contributed by atoms with Gasteiger partial charge in [-0.05, 0) is 39.7 Å². The normalized spacial score (nSPS) is 12.1. The zero-order chi connectivity index (χ0) is 19.6. The fourth-order valence-corrected chi connectivity index (χ4v) is 3.48. The summed E-state index contributed by atoms with van der Waals surface area (Å²) >= 11 is 1.37. The van der Waals surface area contributed by atoms with Crippen LogP contribution < -0.4 is 10.6 Å². The van der Waals surface area contributed by atoms with Crippen molar-refractivity contribution in [3.63, 3.8) is 0 Å². The Labute approximate surface area is 188 Å². The number of guanidine groups is 1. The van der Waals surface area contributed by atoms with Crippen LogP contribution in [0.1, 0.15) is 52.7 Å². The molecule has 1 aromatic carbocycles. The summed E-state index contributed by atoms with van der Waals surface area (Å²) in [4.78, 5) is 21.7. The van der Waals surface area contributed by atoms with Gasteiger partial charge in [0.2, 0.25) is 0 Å². The molecule has 0 aliphatic heterocycles. The molecule has 154 valence electrons. The maximum Gasteiger partial charge on any atom is 0.350 e. The highest BCUT2D eigenvalue weighted by atomic mass is 127. The Kier molecular flexibility index (Phi) is 11.1. The molecule has 0 bridgehead atoms. The molecule has 6 nitrogen and oxygen atoms in total. The molecule has 0 fully saturated rings. The Balaban J connectivity index is 0.00000392. The molecule has 0 saturated heterocycles. The van der Waals surface area contributed by atoms with E-state index in [2.05, 4.69) is 32.7 Å². The third-order valence-electron chi connectivity index (χ3n) is 3.86. The minimum atomic E-state index is -0.311. The molecule has 0 aliphatic carbocycles. The number of hydrogen-bond donors (Lipinski definition) is 2. The van der Waals surface area contributed by atoms with Gasteiger partial charge in [-0.15, -0.1) is 35.3 Å². The summed E-state index contributed by atoms with van der Waals surface area (Å²) in [6.45, 7) is 9.50. The molecule has 2 N–H and O–H groups in total. The molecule has 28 heavy (non-hydrogen) atoms. The minimum Gasteiger partial charge on any atom is -0.462 e. The Bertz CT molecular complexity index is 765. The molecule has 1 aromatic heterocycles. The van der Waals surface area contributed by atoms with Crippen LogP contribution in [0.4, 0.5) is 0 Å². The van der Waals surface area contributed by atoms with Gasteiger partial charge in [0.15, 0.2) is 5.96 Å². The molecule has 0 spiro atoms. The molecule has 1 atom stereocenters. The predicted molar refractivity (Wildman–Crippen MR) is 126 cm³/mol. The maximum atomic E-state index is 12.0. The van der Waals surface area contributed by atoms with Crippen LogP contribution in [-0.4, -0.2) is 36.6 Å². The number of nitrogens with one attached hydrogen (secondary N) is 2. The highest BCUT2D eigenvalue weighted by Crippen LogP contribution is 2.24. The van der Waals surface area contributed by atoms with E-state index in [1.54, 1.807) is 6.92 Å². The van der Waals surface area contributed by atoms with E-state index in [0.29, 0.717) is 23.7 Å². The number of carbonyl (C=O) groups excluding carboxylic acids is 1. The number of halogens is 1. The summed E-state index contributed by atoms with van der Waals surface area (Å²) in [5.74, 6) is 0.431. The standard InChI is InChI=1S/C20H28N4O2S.HI/c1-5-21-20(22-13-12-16-10-8-7-9-11-16)24-15(4)18-23-14(3)17(27-18)19(25)26-6-2;/h7-11,15H,5-6,12-13H2,1-4H3,(H2,21,22,24);1H. The third-order valence-corrected chi connectivity index (χ3v) is 5.18. The van der Waals surface area contributed by atoms with Gasteiger partial charge in [-0.1, -0.05) is 30.3 Å². The van der Waals surface area contributed by atoms with Crippen molar-refractivity contribution in [2.24, 2.45) is 4.99 Å². The largest absolute Gasteiger partial charge is 0.462 e. The molecule has 1 heterocycles. The van der Waals surface area contributed by atoms with Gasteiger partial charge >= 0.3 is 5.97 Å². The fourth-order valence-electron chi connectivity index (χ4n) is 2.52. The van der Waals surface area contributed by atoms with E-state index in [0.717, 1.165) is 23.9 Å². The van der Waals surface area contributed by atoms with E-state index in [1.807, 2.05) is 39.0 Å². The lowest BCUT2D eigenvalue weighted by Gasteiger charge is -2.16. The summed E-state index contributed by atoms with van der Waals surface area (Å²) in [7, 11) is 0. The van der Waals surface area contributed by atoms with Gasteiger partial charge in [0.25, 0.3) is 0 Å². The van der Waals surface area contributed by atoms with E-state index in [4.69, 9.17) is 4.74 Å². The number of hydrogen-bond acceptors (Lipinski definition) is 5. The second-order valence-electron chi connectivity index (χ2n) is 6.05. The smallest absolute Gasteiger partial charge is 0.350 e. The molecular weight excluding hydrogens is 487 g/mol. The Morgan fingerprint density at radius 3 is 2.64 bits per heavy atom. The van der Waals surface area contributed by atoms with Gasteiger partial charge in [0.1, 0.15) is 9.88 Å². The Hall–Kier alpha value is -1.68. The summed E-state index contributed by atoms with van der Waals surface area (Å²) < 4.78 is 5.09. The lowest BCUT2D eigenvalue weighted by Crippen LogP contribution is -2.38. The van der Waals surface area contributed by atoms with Crippen molar-refractivity contribution < 1.29 is 9.53 Å². The topological polar surface area (TPSA) is 75.6 Å². The fraction of sp³-hybridized carbons (Fsp3) is 0.450. The van der Waals surface area contributed by atoms with Crippen LogP contribution in [0.5, 0.6) is 0 Å². The third kappa shape index (κ3) is 7.38. The van der Waals surface area contributed by atoms with Crippen LogP contribution in [0.3, 0.4) is 0 Å². The van der Waals surface area contributed by atoms with Gasteiger partial charge in [0.05, 0.1) is 18.3 Å². The van der Waals surface area contributed by atoms with Crippen molar-refractivity contribution in [1.29, 1.82) is 0 Å². The summed E-state index contributed by atoms with van der Waals surface area (Å²) in [5, 5.41) is 7.46. The minimum absolute atomic E-state index is 0. The maximum absolute atomic E-state index is 12.0. The molecule has 8 heteroatoms. The van der Waals surface area contributed by atoms with Crippen LogP contribution in [-0.2, 0) is 11.2 Å². The van der Waals surface area contributed by atoms with E-state index >= 15 is 0 Å². The number of aliphatic imine (C=N–C) groups is 1. The number of aryl methyl sites for hydroxylation is 1. The lowest BCUT2D eigenvalue weighted by molar-refractivity contribution is 0.0531. The molecule has 2 rings (SSSR count). The first-order chi connectivity index (χ1) is 13.0. The molecule has 0 saturated carbocycles. The number of rotatable bonds is 8. The summed E-state index contributed by atoms with van der Waals surface area (Å²) in [6, 6.07) is 10.2. The van der Waals surface area contributed by atoms with Crippen LogP contribution in [0.2, 0.25) is 0 Å². The number of nitrogens with zero attached hydrogens (tertiary/aromatic N) is 2. The monoisotopic (exact) mass is 516 g/mol. The highest BCUT2D eigenvalue weighted by Gasteiger charge is 2.20. The van der Waals surface area contributed by atoms with Crippen molar-refractivity contribution in [3.05, 3.63) is 51.5 Å². The van der Waals surface area contributed by atoms with Crippen molar-refractivity contribution in [2.75, 3.05) is 19.7 Å². The van der Waals surface area contributed by atoms with Crippen LogP contribution in [0, 0.1) is 6.92 Å². The van der Waals surface area contributed by atoms with Crippen molar-refractivity contribution in [2.45, 2.75) is 40.2 Å². The highest BCUT2D eigenvalue weighted by molar-refractivity contribution is 14.0. The van der Waals surface area contributed by atoms with Gasteiger partial charge in [-0.3, -0.25) is 4.99 Å². The van der Waals surface area contributed by atoms with E-state index < -0.39 is 0 Å². The van der Waals surface area contributed by atoms with Crippen LogP contribution in [0.15, 0.2) is 35.3 Å². The Morgan fingerprint density at radius 2 is 2.00 bits per heavy atom. The summed E-state index contributed by atoms with van der Waals surface area (Å²) in [6.07, 6.45) is 0.884. The average Bonchev–Trinajstić information content (AvgIpc) is 3.05. The number of benzene rings is 1. The first-order valence-corrected chi connectivity index (χ1v) is 10.1. The number of thiazole rings is 1. The van der Waals surface area contributed by atoms with Crippen LogP contribution >= 0.6 is 35.3 Å². The van der Waals surface area contributed by atoms with Gasteiger partial charge in [0, 0.05) is 13.1 Å².